The molecule has 3 N–H and O–H groups in total. The zero-order chi connectivity index (χ0) is 18.0. The highest BCUT2D eigenvalue weighted by molar-refractivity contribution is 7.89. The van der Waals surface area contributed by atoms with Crippen molar-refractivity contribution in [2.45, 2.75) is 38.1 Å². The molecule has 1 aromatic heterocycles. The topological polar surface area (TPSA) is 118 Å². The number of nitrogens with zero attached hydrogens (tertiary/aromatic N) is 3. The van der Waals surface area contributed by atoms with E-state index in [0.29, 0.717) is 31.1 Å². The van der Waals surface area contributed by atoms with E-state index in [1.165, 1.54) is 4.31 Å². The molecule has 1 aliphatic heterocycles. The number of nitrogens with two attached hydrogens (primary N) is 1. The van der Waals surface area contributed by atoms with Gasteiger partial charge in [0.05, 0.1) is 11.9 Å². The molecule has 0 bridgehead atoms. The Hall–Kier alpha value is -1.58. The van der Waals surface area contributed by atoms with Crippen molar-refractivity contribution < 1.29 is 13.2 Å². The molecule has 1 amide bonds. The predicted octanol–water partition coefficient (Wildman–Crippen LogP) is 0.0827. The molecule has 9 heteroatoms. The molecule has 2 fully saturated rings. The van der Waals surface area contributed by atoms with Gasteiger partial charge in [0.1, 0.15) is 0 Å². The van der Waals surface area contributed by atoms with Crippen molar-refractivity contribution >= 4 is 15.9 Å². The molecule has 1 aromatic rings. The zero-order valence-corrected chi connectivity index (χ0v) is 15.2. The highest BCUT2D eigenvalue weighted by Crippen LogP contribution is 2.39. The number of carbonyl (C=O) groups is 1. The molecule has 0 radical (unpaired) electrons. The third-order valence-corrected chi connectivity index (χ3v) is 6.74. The van der Waals surface area contributed by atoms with Gasteiger partial charge in [-0.25, -0.2) is 8.42 Å². The minimum atomic E-state index is -3.32. The van der Waals surface area contributed by atoms with Crippen LogP contribution in [0.25, 0.3) is 0 Å². The molecular weight excluding hydrogens is 342 g/mol. The van der Waals surface area contributed by atoms with Crippen LogP contribution in [0, 0.1) is 5.92 Å². The van der Waals surface area contributed by atoms with Crippen LogP contribution in [0.1, 0.15) is 48.2 Å². The SMILES string of the molecule is C[C@@H]1CN(S(=O)(=O)CCCN)C[C@@H]1NC(=O)c1cc(C2CC2)cnn1. The summed E-state index contributed by atoms with van der Waals surface area (Å²) in [4.78, 5) is 12.5. The van der Waals surface area contributed by atoms with Gasteiger partial charge in [0.15, 0.2) is 5.69 Å². The molecule has 8 nitrogen and oxygen atoms in total. The Labute approximate surface area is 148 Å². The van der Waals surface area contributed by atoms with Gasteiger partial charge in [0.2, 0.25) is 10.0 Å². The second-order valence-electron chi connectivity index (χ2n) is 6.98. The van der Waals surface area contributed by atoms with Crippen LogP contribution in [0.15, 0.2) is 12.3 Å². The smallest absolute Gasteiger partial charge is 0.272 e. The third-order valence-electron chi connectivity index (χ3n) is 4.85. The number of nitrogens with one attached hydrogen (secondary N) is 1. The van der Waals surface area contributed by atoms with Gasteiger partial charge in [-0.15, -0.1) is 5.10 Å². The van der Waals surface area contributed by atoms with Gasteiger partial charge in [-0.3, -0.25) is 4.79 Å². The standard InChI is InChI=1S/C16H25N5O3S/c1-11-9-21(25(23,24)6-2-5-17)10-15(11)19-16(22)14-7-13(8-18-20-14)12-3-4-12/h7-8,11-12,15H,2-6,9-10,17H2,1H3,(H,19,22)/t11-,15+/m1/s1. The number of rotatable bonds is 7. The van der Waals surface area contributed by atoms with Gasteiger partial charge >= 0.3 is 0 Å². The summed E-state index contributed by atoms with van der Waals surface area (Å²) in [7, 11) is -3.32. The predicted molar refractivity (Wildman–Crippen MR) is 93.5 cm³/mol. The maximum atomic E-state index is 12.5. The molecule has 138 valence electrons. The van der Waals surface area contributed by atoms with E-state index in [0.717, 1.165) is 18.4 Å². The van der Waals surface area contributed by atoms with Crippen molar-refractivity contribution in [3.8, 4) is 0 Å². The molecule has 3 rings (SSSR count). The van der Waals surface area contributed by atoms with E-state index < -0.39 is 10.0 Å². The van der Waals surface area contributed by atoms with E-state index in [9.17, 15) is 13.2 Å². The van der Waals surface area contributed by atoms with Crippen LogP contribution in [-0.4, -0.2) is 60.3 Å². The summed E-state index contributed by atoms with van der Waals surface area (Å²) in [6.07, 6.45) is 4.40. The van der Waals surface area contributed by atoms with Crippen molar-refractivity contribution in [2.75, 3.05) is 25.4 Å². The average Bonchev–Trinajstić information content (AvgIpc) is 3.38. The summed E-state index contributed by atoms with van der Waals surface area (Å²) in [6, 6.07) is 1.56. The van der Waals surface area contributed by atoms with Crippen LogP contribution in [-0.2, 0) is 10.0 Å². The van der Waals surface area contributed by atoms with E-state index in [1.54, 1.807) is 12.3 Å². The Balaban J connectivity index is 1.62. The first-order valence-corrected chi connectivity index (χ1v) is 10.3. The first-order chi connectivity index (χ1) is 11.9. The van der Waals surface area contributed by atoms with Crippen LogP contribution in [0.4, 0.5) is 0 Å². The maximum absolute atomic E-state index is 12.5. The van der Waals surface area contributed by atoms with Crippen molar-refractivity contribution in [3.05, 3.63) is 23.5 Å². The monoisotopic (exact) mass is 367 g/mol. The lowest BCUT2D eigenvalue weighted by molar-refractivity contribution is 0.0926. The largest absolute Gasteiger partial charge is 0.346 e. The summed E-state index contributed by atoms with van der Waals surface area (Å²) in [6.45, 7) is 2.98. The Morgan fingerprint density at radius 2 is 2.16 bits per heavy atom. The lowest BCUT2D eigenvalue weighted by Gasteiger charge is -2.17. The molecule has 25 heavy (non-hydrogen) atoms. The van der Waals surface area contributed by atoms with E-state index in [2.05, 4.69) is 15.5 Å². The molecule has 2 aliphatic rings. The Kier molecular flexibility index (Phi) is 5.35. The average molecular weight is 367 g/mol. The fraction of sp³-hybridized carbons (Fsp3) is 0.688. The van der Waals surface area contributed by atoms with Gasteiger partial charge < -0.3 is 11.1 Å². The molecule has 0 spiro atoms. The van der Waals surface area contributed by atoms with Crippen LogP contribution in [0.2, 0.25) is 0 Å². The van der Waals surface area contributed by atoms with Gasteiger partial charge in [0.25, 0.3) is 5.91 Å². The van der Waals surface area contributed by atoms with Gasteiger partial charge in [-0.1, -0.05) is 6.92 Å². The number of hydrogen-bond donors (Lipinski definition) is 2. The molecule has 1 aliphatic carbocycles. The summed E-state index contributed by atoms with van der Waals surface area (Å²) < 4.78 is 26.0. The highest BCUT2D eigenvalue weighted by Gasteiger charge is 2.37. The third kappa shape index (κ3) is 4.34. The quantitative estimate of drug-likeness (QED) is 0.705. The van der Waals surface area contributed by atoms with E-state index in [-0.39, 0.29) is 30.2 Å². The lowest BCUT2D eigenvalue weighted by atomic mass is 10.1. The Bertz CT molecular complexity index is 735. The molecular formula is C16H25N5O3S. The second kappa shape index (κ2) is 7.35. The van der Waals surface area contributed by atoms with Gasteiger partial charge in [0, 0.05) is 19.1 Å². The number of amides is 1. The molecule has 0 unspecified atom stereocenters. The number of sulfonamides is 1. The maximum Gasteiger partial charge on any atom is 0.272 e. The van der Waals surface area contributed by atoms with Crippen molar-refractivity contribution in [2.24, 2.45) is 11.7 Å². The molecule has 2 heterocycles. The Morgan fingerprint density at radius 1 is 1.40 bits per heavy atom. The number of aromatic nitrogens is 2. The summed E-state index contributed by atoms with van der Waals surface area (Å²) in [5.74, 6) is 0.283. The lowest BCUT2D eigenvalue weighted by Crippen LogP contribution is -2.41. The van der Waals surface area contributed by atoms with Crippen molar-refractivity contribution in [3.63, 3.8) is 0 Å². The van der Waals surface area contributed by atoms with Gasteiger partial charge in [-0.2, -0.15) is 9.40 Å². The van der Waals surface area contributed by atoms with E-state index >= 15 is 0 Å². The number of hydrogen-bond acceptors (Lipinski definition) is 6. The van der Waals surface area contributed by atoms with Gasteiger partial charge in [-0.05, 0) is 49.3 Å². The summed E-state index contributed by atoms with van der Waals surface area (Å²) in [5, 5.41) is 10.8. The van der Waals surface area contributed by atoms with Crippen LogP contribution < -0.4 is 11.1 Å². The van der Waals surface area contributed by atoms with Crippen LogP contribution >= 0.6 is 0 Å². The normalized spacial score (nSPS) is 24.4. The van der Waals surface area contributed by atoms with E-state index in [1.807, 2.05) is 6.92 Å². The van der Waals surface area contributed by atoms with Crippen LogP contribution in [0.3, 0.4) is 0 Å². The molecule has 0 aromatic carbocycles. The van der Waals surface area contributed by atoms with Crippen molar-refractivity contribution in [1.29, 1.82) is 0 Å². The molecule has 1 saturated carbocycles. The molecule has 2 atom stereocenters. The van der Waals surface area contributed by atoms with Crippen molar-refractivity contribution in [1.82, 2.24) is 19.8 Å². The minimum absolute atomic E-state index is 0.0381. The summed E-state index contributed by atoms with van der Waals surface area (Å²) in [5.41, 5.74) is 6.74. The van der Waals surface area contributed by atoms with Crippen LogP contribution in [0.5, 0.6) is 0 Å². The molecule has 1 saturated heterocycles. The summed E-state index contributed by atoms with van der Waals surface area (Å²) >= 11 is 0. The first kappa shape index (κ1) is 18.2. The zero-order valence-electron chi connectivity index (χ0n) is 14.4. The second-order valence-corrected chi connectivity index (χ2v) is 9.07. The minimum Gasteiger partial charge on any atom is -0.346 e. The Morgan fingerprint density at radius 3 is 2.84 bits per heavy atom. The fourth-order valence-electron chi connectivity index (χ4n) is 3.11. The highest BCUT2D eigenvalue weighted by atomic mass is 32.2. The first-order valence-electron chi connectivity index (χ1n) is 8.72. The fourth-order valence-corrected chi connectivity index (χ4v) is 4.75. The number of carbonyl (C=O) groups excluding carboxylic acids is 1. The van der Waals surface area contributed by atoms with E-state index in [4.69, 9.17) is 5.73 Å².